The van der Waals surface area contributed by atoms with Gasteiger partial charge in [0.2, 0.25) is 5.91 Å². The average Bonchev–Trinajstić information content (AvgIpc) is 3.31. The quantitative estimate of drug-likeness (QED) is 0.479. The normalized spacial score (nSPS) is 18.3. The molecule has 160 valence electrons. The van der Waals surface area contributed by atoms with Crippen molar-refractivity contribution in [3.8, 4) is 0 Å². The maximum atomic E-state index is 13.1. The number of carbonyl (C=O) groups is 3. The number of fused-ring (bicyclic) bond motifs is 2. The monoisotopic (exact) mass is 427 g/mol. The SMILES string of the molecule is CC1(c2ccc3ccccc3c2)NC(=O)N(CC(=O)NCc2cn3ccccc3n2)C1=O. The van der Waals surface area contributed by atoms with E-state index in [9.17, 15) is 14.4 Å². The van der Waals surface area contributed by atoms with Gasteiger partial charge >= 0.3 is 6.03 Å². The minimum Gasteiger partial charge on any atom is -0.349 e. The molecular formula is C24H21N5O3. The van der Waals surface area contributed by atoms with E-state index < -0.39 is 23.4 Å². The second kappa shape index (κ2) is 7.49. The third kappa shape index (κ3) is 3.35. The van der Waals surface area contributed by atoms with Crippen LogP contribution in [0.5, 0.6) is 0 Å². The molecule has 0 saturated carbocycles. The van der Waals surface area contributed by atoms with E-state index >= 15 is 0 Å². The second-order valence-electron chi connectivity index (χ2n) is 7.98. The molecule has 4 amide bonds. The lowest BCUT2D eigenvalue weighted by Crippen LogP contribution is -2.43. The summed E-state index contributed by atoms with van der Waals surface area (Å²) in [6, 6.07) is 18.5. The first-order valence-electron chi connectivity index (χ1n) is 10.3. The van der Waals surface area contributed by atoms with Crippen molar-refractivity contribution in [2.75, 3.05) is 6.54 Å². The predicted molar refractivity (Wildman–Crippen MR) is 119 cm³/mol. The zero-order valence-electron chi connectivity index (χ0n) is 17.4. The van der Waals surface area contributed by atoms with Crippen LogP contribution in [-0.4, -0.2) is 38.7 Å². The predicted octanol–water partition coefficient (Wildman–Crippen LogP) is 2.57. The van der Waals surface area contributed by atoms with Gasteiger partial charge in [-0.05, 0) is 41.5 Å². The Labute approximate surface area is 183 Å². The average molecular weight is 427 g/mol. The Kier molecular flexibility index (Phi) is 4.62. The third-order valence-corrected chi connectivity index (χ3v) is 5.78. The van der Waals surface area contributed by atoms with Gasteiger partial charge in [0.1, 0.15) is 17.7 Å². The van der Waals surface area contributed by atoms with Gasteiger partial charge in [-0.15, -0.1) is 0 Å². The maximum Gasteiger partial charge on any atom is 0.325 e. The highest BCUT2D eigenvalue weighted by Crippen LogP contribution is 2.30. The highest BCUT2D eigenvalue weighted by Gasteiger charge is 2.49. The van der Waals surface area contributed by atoms with Crippen molar-refractivity contribution >= 4 is 34.3 Å². The highest BCUT2D eigenvalue weighted by molar-refractivity contribution is 6.09. The van der Waals surface area contributed by atoms with Gasteiger partial charge in [0.05, 0.1) is 12.2 Å². The van der Waals surface area contributed by atoms with Crippen LogP contribution in [0, 0.1) is 0 Å². The number of amides is 4. The molecule has 0 spiro atoms. The standard InChI is InChI=1S/C24H21N5O3/c1-24(18-10-9-16-6-2-3-7-17(16)12-18)22(31)29(23(32)27-24)15-21(30)25-13-19-14-28-11-5-4-8-20(28)26-19/h2-12,14H,13,15H2,1H3,(H,25,30)(H,27,32). The Morgan fingerprint density at radius 1 is 1.06 bits per heavy atom. The summed E-state index contributed by atoms with van der Waals surface area (Å²) in [7, 11) is 0. The van der Waals surface area contributed by atoms with Crippen LogP contribution < -0.4 is 10.6 Å². The summed E-state index contributed by atoms with van der Waals surface area (Å²) in [5, 5.41) is 7.49. The number of benzene rings is 2. The van der Waals surface area contributed by atoms with Gasteiger partial charge in [0.25, 0.3) is 5.91 Å². The van der Waals surface area contributed by atoms with Crippen molar-refractivity contribution in [1.82, 2.24) is 24.9 Å². The second-order valence-corrected chi connectivity index (χ2v) is 7.98. The van der Waals surface area contributed by atoms with Gasteiger partial charge in [-0.2, -0.15) is 0 Å². The van der Waals surface area contributed by atoms with E-state index in [4.69, 9.17) is 0 Å². The minimum absolute atomic E-state index is 0.201. The van der Waals surface area contributed by atoms with Crippen molar-refractivity contribution < 1.29 is 14.4 Å². The molecule has 8 nitrogen and oxygen atoms in total. The number of hydrogen-bond acceptors (Lipinski definition) is 4. The Morgan fingerprint density at radius 2 is 1.84 bits per heavy atom. The van der Waals surface area contributed by atoms with Crippen molar-refractivity contribution in [1.29, 1.82) is 0 Å². The van der Waals surface area contributed by atoms with Gasteiger partial charge in [-0.3, -0.25) is 14.5 Å². The molecule has 32 heavy (non-hydrogen) atoms. The molecule has 2 N–H and O–H groups in total. The van der Waals surface area contributed by atoms with E-state index in [0.717, 1.165) is 21.3 Å². The van der Waals surface area contributed by atoms with E-state index in [2.05, 4.69) is 15.6 Å². The maximum absolute atomic E-state index is 13.1. The van der Waals surface area contributed by atoms with Crippen LogP contribution in [-0.2, 0) is 21.7 Å². The van der Waals surface area contributed by atoms with Crippen molar-refractivity contribution in [3.05, 3.63) is 84.3 Å². The van der Waals surface area contributed by atoms with E-state index in [-0.39, 0.29) is 13.1 Å². The summed E-state index contributed by atoms with van der Waals surface area (Å²) in [5.74, 6) is -0.894. The van der Waals surface area contributed by atoms with Gasteiger partial charge in [0.15, 0.2) is 0 Å². The number of nitrogens with zero attached hydrogens (tertiary/aromatic N) is 3. The molecule has 1 aliphatic rings. The first kappa shape index (κ1) is 19.7. The number of nitrogens with one attached hydrogen (secondary N) is 2. The van der Waals surface area contributed by atoms with E-state index in [1.54, 1.807) is 6.92 Å². The van der Waals surface area contributed by atoms with Gasteiger partial charge < -0.3 is 15.0 Å². The van der Waals surface area contributed by atoms with E-state index in [0.29, 0.717) is 11.3 Å². The number of imidazole rings is 1. The minimum atomic E-state index is -1.23. The van der Waals surface area contributed by atoms with Gasteiger partial charge in [-0.1, -0.05) is 42.5 Å². The first-order valence-corrected chi connectivity index (χ1v) is 10.3. The summed E-state index contributed by atoms with van der Waals surface area (Å²) in [6.45, 7) is 1.50. The van der Waals surface area contributed by atoms with E-state index in [1.165, 1.54) is 0 Å². The summed E-state index contributed by atoms with van der Waals surface area (Å²) >= 11 is 0. The van der Waals surface area contributed by atoms with Crippen LogP contribution in [0.3, 0.4) is 0 Å². The Balaban J connectivity index is 1.29. The summed E-state index contributed by atoms with van der Waals surface area (Å²) < 4.78 is 1.86. The lowest BCUT2D eigenvalue weighted by molar-refractivity contribution is -0.134. The number of urea groups is 1. The third-order valence-electron chi connectivity index (χ3n) is 5.78. The lowest BCUT2D eigenvalue weighted by Gasteiger charge is -2.22. The zero-order valence-corrected chi connectivity index (χ0v) is 17.4. The molecule has 0 aliphatic carbocycles. The number of hydrogen-bond donors (Lipinski definition) is 2. The molecule has 4 aromatic rings. The molecule has 5 rings (SSSR count). The lowest BCUT2D eigenvalue weighted by atomic mass is 9.90. The number of aromatic nitrogens is 2. The molecule has 2 aromatic carbocycles. The van der Waals surface area contributed by atoms with Crippen LogP contribution in [0.25, 0.3) is 16.4 Å². The van der Waals surface area contributed by atoms with Crippen LogP contribution in [0.4, 0.5) is 4.79 Å². The first-order chi connectivity index (χ1) is 15.4. The fourth-order valence-corrected chi connectivity index (χ4v) is 4.00. The van der Waals surface area contributed by atoms with Crippen LogP contribution in [0.1, 0.15) is 18.2 Å². The molecule has 1 unspecified atom stereocenters. The summed E-state index contributed by atoms with van der Waals surface area (Å²) in [4.78, 5) is 43.6. The van der Waals surface area contributed by atoms with Crippen LogP contribution in [0.2, 0.25) is 0 Å². The highest BCUT2D eigenvalue weighted by atomic mass is 16.2. The molecule has 3 heterocycles. The smallest absolute Gasteiger partial charge is 0.325 e. The number of pyridine rings is 1. The van der Waals surface area contributed by atoms with Crippen molar-refractivity contribution in [3.63, 3.8) is 0 Å². The molecule has 1 saturated heterocycles. The fourth-order valence-electron chi connectivity index (χ4n) is 4.00. The largest absolute Gasteiger partial charge is 0.349 e. The molecular weight excluding hydrogens is 406 g/mol. The molecule has 2 aromatic heterocycles. The molecule has 8 heteroatoms. The van der Waals surface area contributed by atoms with E-state index in [1.807, 2.05) is 77.5 Å². The fraction of sp³-hybridized carbons (Fsp3) is 0.167. The van der Waals surface area contributed by atoms with Crippen LogP contribution in [0.15, 0.2) is 73.1 Å². The Bertz CT molecular complexity index is 1350. The molecule has 1 aliphatic heterocycles. The zero-order chi connectivity index (χ0) is 22.3. The Hall–Kier alpha value is -4.20. The number of imide groups is 1. The van der Waals surface area contributed by atoms with Crippen molar-refractivity contribution in [2.24, 2.45) is 0 Å². The van der Waals surface area contributed by atoms with Gasteiger partial charge in [-0.25, -0.2) is 9.78 Å². The Morgan fingerprint density at radius 3 is 2.66 bits per heavy atom. The molecule has 1 fully saturated rings. The van der Waals surface area contributed by atoms with Crippen molar-refractivity contribution in [2.45, 2.75) is 19.0 Å². The van der Waals surface area contributed by atoms with Gasteiger partial charge in [0, 0.05) is 12.4 Å². The molecule has 1 atom stereocenters. The molecule has 0 bridgehead atoms. The topological polar surface area (TPSA) is 95.8 Å². The molecule has 0 radical (unpaired) electrons. The summed E-state index contributed by atoms with van der Waals surface area (Å²) in [6.07, 6.45) is 3.69. The summed E-state index contributed by atoms with van der Waals surface area (Å²) in [5.41, 5.74) is 0.894. The number of rotatable bonds is 5. The number of carbonyl (C=O) groups excluding carboxylic acids is 3. The van der Waals surface area contributed by atoms with Crippen LogP contribution >= 0.6 is 0 Å².